The van der Waals surface area contributed by atoms with Crippen molar-refractivity contribution in [1.82, 2.24) is 5.43 Å². The maximum Gasteiger partial charge on any atom is 0.573 e. The van der Waals surface area contributed by atoms with Crippen molar-refractivity contribution in [3.63, 3.8) is 0 Å². The van der Waals surface area contributed by atoms with E-state index in [2.05, 4.69) is 16.2 Å². The van der Waals surface area contributed by atoms with Crippen LogP contribution in [0.3, 0.4) is 0 Å². The van der Waals surface area contributed by atoms with Gasteiger partial charge in [0.05, 0.1) is 11.4 Å². The number of hydrogen-bond donors (Lipinski definition) is 2. The fraction of sp³-hybridized carbons (Fsp3) is 0.200. The summed E-state index contributed by atoms with van der Waals surface area (Å²) in [6.07, 6.45) is -4.97. The quantitative estimate of drug-likeness (QED) is 0.170. The van der Waals surface area contributed by atoms with Gasteiger partial charge in [0.25, 0.3) is 0 Å². The van der Waals surface area contributed by atoms with Gasteiger partial charge >= 0.3 is 12.5 Å². The predicted molar refractivity (Wildman–Crippen MR) is 120 cm³/mol. The van der Waals surface area contributed by atoms with Crippen LogP contribution >= 0.6 is 0 Å². The van der Waals surface area contributed by atoms with Crippen molar-refractivity contribution in [2.24, 2.45) is 0 Å². The Morgan fingerprint density at radius 2 is 1.53 bits per heavy atom. The van der Waals surface area contributed by atoms with Crippen molar-refractivity contribution in [2.45, 2.75) is 25.1 Å². The Bertz CT molecular complexity index is 1220. The Kier molecular flexibility index (Phi) is 7.59. The molecule has 0 saturated heterocycles. The summed E-state index contributed by atoms with van der Waals surface area (Å²) in [4.78, 5) is 0. The smallest absolute Gasteiger partial charge is 0.486 e. The number of para-hydroxylation sites is 3. The summed E-state index contributed by atoms with van der Waals surface area (Å²) >= 11 is 0. The maximum atomic E-state index is 14.1. The van der Waals surface area contributed by atoms with Crippen LogP contribution in [0.1, 0.15) is 11.1 Å². The zero-order valence-corrected chi connectivity index (χ0v) is 18.7. The highest BCUT2D eigenvalue weighted by Crippen LogP contribution is 2.42. The largest absolute Gasteiger partial charge is 0.573 e. The Balaban J connectivity index is 1.96. The fourth-order valence-corrected chi connectivity index (χ4v) is 3.36. The molecule has 0 aliphatic rings. The normalized spacial score (nSPS) is 13.3. The average molecular weight is 510 g/mol. The van der Waals surface area contributed by atoms with Crippen LogP contribution < -0.4 is 19.9 Å². The lowest BCUT2D eigenvalue weighted by Gasteiger charge is -2.32. The van der Waals surface area contributed by atoms with Crippen LogP contribution in [-0.4, -0.2) is 24.3 Å². The zero-order chi connectivity index (χ0) is 26.6. The summed E-state index contributed by atoms with van der Waals surface area (Å²) < 4.78 is 88.9. The van der Waals surface area contributed by atoms with Crippen LogP contribution in [0.2, 0.25) is 0 Å². The SMILES string of the molecule is C#CNN(c1ccccc1)c1ccc(C(O)(COc2ccccc2OC(F)(F)F)C(F)(F)F)cc1C. The van der Waals surface area contributed by atoms with Gasteiger partial charge in [-0.25, -0.2) is 5.01 Å². The predicted octanol–water partition coefficient (Wildman–Crippen LogP) is 5.96. The minimum Gasteiger partial charge on any atom is -0.486 e. The highest BCUT2D eigenvalue weighted by molar-refractivity contribution is 5.66. The van der Waals surface area contributed by atoms with E-state index in [1.165, 1.54) is 30.1 Å². The van der Waals surface area contributed by atoms with Gasteiger partial charge in [-0.3, -0.25) is 5.43 Å². The van der Waals surface area contributed by atoms with Gasteiger partial charge in [-0.2, -0.15) is 13.2 Å². The number of rotatable bonds is 8. The number of ether oxygens (including phenoxy) is 2. The maximum absolute atomic E-state index is 14.1. The molecular formula is C25H20F6N2O3. The van der Waals surface area contributed by atoms with Crippen molar-refractivity contribution in [3.8, 4) is 24.0 Å². The Hall–Kier alpha value is -4.04. The number of hydrogen-bond acceptors (Lipinski definition) is 5. The van der Waals surface area contributed by atoms with E-state index < -0.39 is 41.8 Å². The molecule has 190 valence electrons. The number of halogens is 6. The molecule has 3 rings (SSSR count). The summed E-state index contributed by atoms with van der Waals surface area (Å²) in [6, 6.07) is 18.7. The molecule has 0 aromatic heterocycles. The number of hydrazine groups is 1. The van der Waals surface area contributed by atoms with Gasteiger partial charge in [-0.1, -0.05) is 48.9 Å². The minimum absolute atomic E-state index is 0.308. The number of nitrogens with zero attached hydrogens (tertiary/aromatic N) is 1. The Morgan fingerprint density at radius 3 is 2.08 bits per heavy atom. The third-order valence-electron chi connectivity index (χ3n) is 5.09. The molecule has 3 aromatic carbocycles. The summed E-state index contributed by atoms with van der Waals surface area (Å²) in [6.45, 7) is 0.0790. The summed E-state index contributed by atoms with van der Waals surface area (Å²) in [5.41, 5.74) is -0.172. The molecule has 0 aliphatic heterocycles. The molecule has 36 heavy (non-hydrogen) atoms. The van der Waals surface area contributed by atoms with Gasteiger partial charge in [-0.15, -0.1) is 13.2 Å². The second kappa shape index (κ2) is 10.3. The van der Waals surface area contributed by atoms with Crippen LogP contribution in [0.5, 0.6) is 11.5 Å². The lowest BCUT2D eigenvalue weighted by atomic mass is 9.92. The monoisotopic (exact) mass is 510 g/mol. The number of aryl methyl sites for hydroxylation is 1. The van der Waals surface area contributed by atoms with Crippen LogP contribution in [0.25, 0.3) is 0 Å². The van der Waals surface area contributed by atoms with Gasteiger partial charge in [0.15, 0.2) is 11.5 Å². The van der Waals surface area contributed by atoms with Crippen molar-refractivity contribution in [2.75, 3.05) is 11.6 Å². The lowest BCUT2D eigenvalue weighted by Crippen LogP contribution is -2.47. The molecule has 11 heteroatoms. The van der Waals surface area contributed by atoms with Crippen molar-refractivity contribution in [3.05, 3.63) is 83.9 Å². The van der Waals surface area contributed by atoms with E-state index in [9.17, 15) is 31.4 Å². The fourth-order valence-electron chi connectivity index (χ4n) is 3.36. The van der Waals surface area contributed by atoms with Crippen molar-refractivity contribution < 1.29 is 40.9 Å². The van der Waals surface area contributed by atoms with E-state index in [1.807, 2.05) is 0 Å². The molecule has 0 spiro atoms. The average Bonchev–Trinajstić information content (AvgIpc) is 2.81. The van der Waals surface area contributed by atoms with Gasteiger partial charge in [0.1, 0.15) is 6.61 Å². The number of aliphatic hydroxyl groups is 1. The van der Waals surface area contributed by atoms with Crippen LogP contribution in [0, 0.1) is 19.4 Å². The lowest BCUT2D eigenvalue weighted by molar-refractivity contribution is -0.279. The molecule has 0 bridgehead atoms. The molecule has 3 aromatic rings. The first-order chi connectivity index (χ1) is 16.9. The van der Waals surface area contributed by atoms with E-state index in [4.69, 9.17) is 11.2 Å². The second-order valence-electron chi connectivity index (χ2n) is 7.57. The standard InChI is InChI=1S/C25H20F6N2O3/c1-3-32-33(19-9-5-4-6-10-19)20-14-13-18(15-17(20)2)23(34,24(26,27)28)16-35-21-11-7-8-12-22(21)36-25(29,30)31/h1,4-15,32,34H,16H2,2H3. The van der Waals surface area contributed by atoms with Crippen LogP contribution in [-0.2, 0) is 5.60 Å². The van der Waals surface area contributed by atoms with Gasteiger partial charge in [-0.05, 0) is 48.4 Å². The molecule has 1 atom stereocenters. The first-order valence-corrected chi connectivity index (χ1v) is 10.3. The molecule has 2 N–H and O–H groups in total. The highest BCUT2D eigenvalue weighted by atomic mass is 19.4. The topological polar surface area (TPSA) is 54.0 Å². The molecule has 0 saturated carbocycles. The minimum atomic E-state index is -5.24. The molecule has 1 unspecified atom stereocenters. The molecular weight excluding hydrogens is 490 g/mol. The van der Waals surface area contributed by atoms with Crippen LogP contribution in [0.15, 0.2) is 72.8 Å². The Morgan fingerprint density at radius 1 is 0.917 bits per heavy atom. The number of nitrogens with one attached hydrogen (secondary N) is 1. The van der Waals surface area contributed by atoms with E-state index >= 15 is 0 Å². The number of terminal acetylenes is 1. The second-order valence-corrected chi connectivity index (χ2v) is 7.57. The molecule has 0 radical (unpaired) electrons. The van der Waals surface area contributed by atoms with Gasteiger partial charge < -0.3 is 14.6 Å². The van der Waals surface area contributed by atoms with E-state index in [0.717, 1.165) is 24.3 Å². The molecule has 0 heterocycles. The van der Waals surface area contributed by atoms with E-state index in [1.54, 1.807) is 30.3 Å². The summed E-state index contributed by atoms with van der Waals surface area (Å²) in [5, 5.41) is 12.2. The van der Waals surface area contributed by atoms with Gasteiger partial charge in [0.2, 0.25) is 5.60 Å². The molecule has 0 amide bonds. The molecule has 5 nitrogen and oxygen atoms in total. The summed E-state index contributed by atoms with van der Waals surface area (Å²) in [5.74, 6) is -1.47. The Labute approximate surface area is 202 Å². The molecule has 0 fully saturated rings. The summed E-state index contributed by atoms with van der Waals surface area (Å²) in [7, 11) is 0. The number of benzene rings is 3. The highest BCUT2D eigenvalue weighted by Gasteiger charge is 2.56. The first kappa shape index (κ1) is 26.6. The van der Waals surface area contributed by atoms with Crippen LogP contribution in [0.4, 0.5) is 37.7 Å². The first-order valence-electron chi connectivity index (χ1n) is 10.3. The van der Waals surface area contributed by atoms with E-state index in [0.29, 0.717) is 16.9 Å². The zero-order valence-electron chi connectivity index (χ0n) is 18.7. The third kappa shape index (κ3) is 5.95. The third-order valence-corrected chi connectivity index (χ3v) is 5.09. The van der Waals surface area contributed by atoms with Gasteiger partial charge in [0, 0.05) is 6.04 Å². The number of anilines is 2. The molecule has 0 aliphatic carbocycles. The number of alkyl halides is 6. The van der Waals surface area contributed by atoms with Crippen molar-refractivity contribution >= 4 is 11.4 Å². The van der Waals surface area contributed by atoms with Crippen molar-refractivity contribution in [1.29, 1.82) is 0 Å². The van der Waals surface area contributed by atoms with E-state index in [-0.39, 0.29) is 0 Å².